The van der Waals surface area contributed by atoms with E-state index in [1.54, 1.807) is 0 Å². The highest BCUT2D eigenvalue weighted by Gasteiger charge is 2.33. The number of benzene rings is 2. The van der Waals surface area contributed by atoms with E-state index in [9.17, 15) is 10.5 Å². The van der Waals surface area contributed by atoms with Crippen LogP contribution in [0, 0.1) is 44.9 Å². The minimum atomic E-state index is -0.257. The zero-order chi connectivity index (χ0) is 42.7. The quantitative estimate of drug-likeness (QED) is 0.190. The molecule has 0 N–H and O–H groups in total. The molecule has 0 aliphatic rings. The average molecular weight is 781 g/mol. The second-order valence-electron chi connectivity index (χ2n) is 21.2. The SMILES string of the molecule is [C-]#[N+]C([N+]#[C-])=c1cc(-c2c(C(C)(C)C)cc(C(C)(C)C)cc2C(C)(C)C)/c(=c2\sc(=C(C#N)C#N)cc2-c2c(C(C)(C)C)cc(C(C)(C)C)cc2C(C)(C)C)s1. The normalized spacial score (nSPS) is 13.4. The van der Waals surface area contributed by atoms with E-state index in [0.29, 0.717) is 9.06 Å². The molecule has 2 aromatic carbocycles. The van der Waals surface area contributed by atoms with Gasteiger partial charge in [0.05, 0.1) is 13.6 Å². The van der Waals surface area contributed by atoms with Crippen molar-refractivity contribution in [3.05, 3.63) is 111 Å². The highest BCUT2D eigenvalue weighted by Crippen LogP contribution is 2.47. The van der Waals surface area contributed by atoms with Crippen LogP contribution in [0.15, 0.2) is 36.4 Å². The summed E-state index contributed by atoms with van der Waals surface area (Å²) in [7, 11) is 0. The van der Waals surface area contributed by atoms with Gasteiger partial charge in [-0.25, -0.2) is 0 Å². The molecule has 0 unspecified atom stereocenters. The molecule has 0 aliphatic heterocycles. The molecule has 56 heavy (non-hydrogen) atoms. The first-order valence-electron chi connectivity index (χ1n) is 19.4. The van der Waals surface area contributed by atoms with E-state index in [1.807, 2.05) is 6.07 Å². The first kappa shape index (κ1) is 44.3. The smallest absolute Gasteiger partial charge is 0.192 e. The summed E-state index contributed by atoms with van der Waals surface area (Å²) in [5.74, 6) is 0.0309. The zero-order valence-electron chi connectivity index (χ0n) is 37.1. The molecule has 0 saturated heterocycles. The zero-order valence-corrected chi connectivity index (χ0v) is 38.7. The maximum atomic E-state index is 10.3. The lowest BCUT2D eigenvalue weighted by Crippen LogP contribution is -2.23. The van der Waals surface area contributed by atoms with Gasteiger partial charge < -0.3 is 0 Å². The average Bonchev–Trinajstić information content (AvgIpc) is 3.67. The number of nitriles is 2. The minimum Gasteiger partial charge on any atom is -0.192 e. The molecule has 0 atom stereocenters. The molecule has 4 nitrogen and oxygen atoms in total. The molecule has 0 amide bonds. The van der Waals surface area contributed by atoms with Gasteiger partial charge in [0.15, 0.2) is 0 Å². The van der Waals surface area contributed by atoms with Crippen LogP contribution in [-0.4, -0.2) is 0 Å². The van der Waals surface area contributed by atoms with Gasteiger partial charge in [0.1, 0.15) is 35.4 Å². The number of hydrogen-bond acceptors (Lipinski definition) is 4. The summed E-state index contributed by atoms with van der Waals surface area (Å²) in [6, 6.07) is 17.9. The standard InChI is InChI=1S/C50H60N4S2/c1-45(2,3)30-21-34(47(7,8)9)40(35(22-30)48(10,11)12)32-25-38(29(27-51)28-52)55-42(32)43-33(26-39(56-43)44(53-19)54-20)41-36(49(13,14)15)23-31(46(4,5)6)24-37(41)50(16,17)18/h21-26H,1-18H3/b43-42+. The lowest BCUT2D eigenvalue weighted by molar-refractivity contribution is 0.550. The Hall–Kier alpha value is -4.46. The van der Waals surface area contributed by atoms with E-state index in [4.69, 9.17) is 13.1 Å². The van der Waals surface area contributed by atoms with Crippen LogP contribution in [0.3, 0.4) is 0 Å². The summed E-state index contributed by atoms with van der Waals surface area (Å²) in [5.41, 5.74) is 10.3. The summed E-state index contributed by atoms with van der Waals surface area (Å²) < 4.78 is 3.09. The molecule has 4 rings (SSSR count). The van der Waals surface area contributed by atoms with Crippen LogP contribution in [0.1, 0.15) is 158 Å². The Labute approximate surface area is 345 Å². The van der Waals surface area contributed by atoms with E-state index in [1.165, 1.54) is 56.1 Å². The minimum absolute atomic E-state index is 0.0309. The molecular weight excluding hydrogens is 721 g/mol. The fourth-order valence-electron chi connectivity index (χ4n) is 7.09. The van der Waals surface area contributed by atoms with Gasteiger partial charge in [0.2, 0.25) is 0 Å². The Kier molecular flexibility index (Phi) is 11.7. The summed E-state index contributed by atoms with van der Waals surface area (Å²) in [6.45, 7) is 56.6. The van der Waals surface area contributed by atoms with E-state index in [2.05, 4.69) is 177 Å². The van der Waals surface area contributed by atoms with Crippen LogP contribution in [0.2, 0.25) is 0 Å². The third kappa shape index (κ3) is 8.74. The Morgan fingerprint density at radius 1 is 0.464 bits per heavy atom. The van der Waals surface area contributed by atoms with Crippen molar-refractivity contribution >= 4 is 34.1 Å². The first-order chi connectivity index (χ1) is 25.4. The first-order valence-corrected chi connectivity index (χ1v) is 21.0. The van der Waals surface area contributed by atoms with E-state index in [0.717, 1.165) is 31.3 Å². The van der Waals surface area contributed by atoms with Crippen molar-refractivity contribution in [1.82, 2.24) is 0 Å². The van der Waals surface area contributed by atoms with E-state index < -0.39 is 0 Å². The lowest BCUT2D eigenvalue weighted by atomic mass is 9.70. The van der Waals surface area contributed by atoms with Gasteiger partial charge in [0, 0.05) is 11.1 Å². The molecule has 6 heteroatoms. The Balaban J connectivity index is 2.61. The van der Waals surface area contributed by atoms with E-state index in [-0.39, 0.29) is 43.9 Å². The van der Waals surface area contributed by atoms with Crippen molar-refractivity contribution in [2.75, 3.05) is 0 Å². The van der Waals surface area contributed by atoms with Gasteiger partial charge >= 0.3 is 5.82 Å². The molecule has 4 aromatic rings. The van der Waals surface area contributed by atoms with Gasteiger partial charge in [-0.05, 0) is 89.1 Å². The van der Waals surface area contributed by atoms with Crippen molar-refractivity contribution in [2.45, 2.75) is 157 Å². The van der Waals surface area contributed by atoms with Crippen LogP contribution in [0.5, 0.6) is 0 Å². The summed E-state index contributed by atoms with van der Waals surface area (Å²) in [5, 5.41) is 20.5. The van der Waals surface area contributed by atoms with Crippen molar-refractivity contribution in [2.24, 2.45) is 0 Å². The molecule has 0 spiro atoms. The molecule has 0 radical (unpaired) electrons. The number of thiophene rings is 2. The van der Waals surface area contributed by atoms with Crippen LogP contribution in [-0.2, 0) is 32.5 Å². The second-order valence-corrected chi connectivity index (χ2v) is 23.3. The highest BCUT2D eigenvalue weighted by atomic mass is 32.1. The van der Waals surface area contributed by atoms with Crippen molar-refractivity contribution < 1.29 is 0 Å². The van der Waals surface area contributed by atoms with Crippen LogP contribution in [0.25, 0.3) is 43.3 Å². The van der Waals surface area contributed by atoms with Crippen LogP contribution in [0.4, 0.5) is 0 Å². The van der Waals surface area contributed by atoms with Gasteiger partial charge in [-0.3, -0.25) is 0 Å². The van der Waals surface area contributed by atoms with Gasteiger partial charge in [-0.15, -0.1) is 22.7 Å². The summed E-state index contributed by atoms with van der Waals surface area (Å²) in [6.07, 6.45) is 0. The third-order valence-corrected chi connectivity index (χ3v) is 12.8. The van der Waals surface area contributed by atoms with Crippen LogP contribution < -0.4 is 9.06 Å². The fourth-order valence-corrected chi connectivity index (χ4v) is 9.46. The second kappa shape index (κ2) is 14.8. The Morgan fingerprint density at radius 2 is 0.750 bits per heavy atom. The van der Waals surface area contributed by atoms with Crippen LogP contribution >= 0.6 is 22.7 Å². The molecule has 0 bridgehead atoms. The van der Waals surface area contributed by atoms with E-state index >= 15 is 0 Å². The van der Waals surface area contributed by atoms with Gasteiger partial charge in [0.25, 0.3) is 0 Å². The fraction of sp³-hybridized carbons (Fsp3) is 0.480. The molecule has 0 saturated carbocycles. The monoisotopic (exact) mass is 780 g/mol. The Morgan fingerprint density at radius 3 is 1.00 bits per heavy atom. The molecule has 0 aliphatic carbocycles. The third-order valence-electron chi connectivity index (χ3n) is 10.4. The summed E-state index contributed by atoms with van der Waals surface area (Å²) in [4.78, 5) is 7.42. The molecule has 0 fully saturated rings. The number of nitrogens with zero attached hydrogens (tertiary/aromatic N) is 4. The predicted octanol–water partition coefficient (Wildman–Crippen LogP) is 13.3. The number of rotatable bonds is 2. The molecular formula is C50H60N4S2. The maximum Gasteiger partial charge on any atom is 0.536 e. The topological polar surface area (TPSA) is 56.3 Å². The Bertz CT molecular complexity index is 2320. The van der Waals surface area contributed by atoms with Crippen molar-refractivity contribution in [3.8, 4) is 34.4 Å². The van der Waals surface area contributed by atoms with Gasteiger partial charge in [-0.2, -0.15) is 20.2 Å². The molecule has 292 valence electrons. The summed E-state index contributed by atoms with van der Waals surface area (Å²) >= 11 is 2.93. The number of hydrogen-bond donors (Lipinski definition) is 0. The van der Waals surface area contributed by atoms with Crippen molar-refractivity contribution in [1.29, 1.82) is 10.5 Å². The lowest BCUT2D eigenvalue weighted by Gasteiger charge is -2.34. The largest absolute Gasteiger partial charge is 0.536 e. The maximum absolute atomic E-state index is 10.3. The molecule has 2 aromatic heterocycles. The van der Waals surface area contributed by atoms with Crippen molar-refractivity contribution in [3.63, 3.8) is 0 Å². The highest BCUT2D eigenvalue weighted by molar-refractivity contribution is 7.12. The predicted molar refractivity (Wildman–Crippen MR) is 240 cm³/mol. The molecule has 2 heterocycles. The van der Waals surface area contributed by atoms with Gasteiger partial charge in [-0.1, -0.05) is 149 Å².